The lowest BCUT2D eigenvalue weighted by Gasteiger charge is -2.34. The molecule has 1 fully saturated rings. The van der Waals surface area contributed by atoms with Crippen LogP contribution in [0.4, 0.5) is 0 Å². The second kappa shape index (κ2) is 8.92. The summed E-state index contributed by atoms with van der Waals surface area (Å²) in [5.41, 5.74) is 2.09. The third kappa shape index (κ3) is 5.24. The van der Waals surface area contributed by atoms with Gasteiger partial charge < -0.3 is 4.90 Å². The maximum Gasteiger partial charge on any atom is 0.246 e. The van der Waals surface area contributed by atoms with Crippen molar-refractivity contribution >= 4 is 46.8 Å². The van der Waals surface area contributed by atoms with Crippen LogP contribution in [0.5, 0.6) is 0 Å². The summed E-state index contributed by atoms with van der Waals surface area (Å²) in [5.74, 6) is 0.0159. The zero-order valence-corrected chi connectivity index (χ0v) is 16.4. The van der Waals surface area contributed by atoms with Crippen molar-refractivity contribution in [2.24, 2.45) is 0 Å². The summed E-state index contributed by atoms with van der Waals surface area (Å²) in [5, 5.41) is 1.74. The summed E-state index contributed by atoms with van der Waals surface area (Å²) < 4.78 is 0. The normalized spacial score (nSPS) is 15.6. The van der Waals surface area contributed by atoms with Gasteiger partial charge in [0.05, 0.1) is 10.0 Å². The van der Waals surface area contributed by atoms with E-state index >= 15 is 0 Å². The van der Waals surface area contributed by atoms with Crippen LogP contribution in [0.15, 0.2) is 48.5 Å². The summed E-state index contributed by atoms with van der Waals surface area (Å²) in [7, 11) is 0. The van der Waals surface area contributed by atoms with Crippen LogP contribution in [-0.4, -0.2) is 41.9 Å². The Labute approximate surface area is 168 Å². The predicted octanol–water partition coefficient (Wildman–Crippen LogP) is 5.00. The molecule has 6 heteroatoms. The second-order valence-corrected chi connectivity index (χ2v) is 7.49. The van der Waals surface area contributed by atoms with Crippen LogP contribution >= 0.6 is 34.8 Å². The van der Waals surface area contributed by atoms with E-state index in [1.165, 1.54) is 5.56 Å². The van der Waals surface area contributed by atoms with E-state index in [-0.39, 0.29) is 5.91 Å². The Bertz CT molecular complexity index is 797. The molecule has 0 N–H and O–H groups in total. The first kappa shape index (κ1) is 19.2. The van der Waals surface area contributed by atoms with Gasteiger partial charge in [0.2, 0.25) is 5.91 Å². The second-order valence-electron chi connectivity index (χ2n) is 6.23. The Morgan fingerprint density at radius 2 is 1.62 bits per heavy atom. The number of hydrogen-bond donors (Lipinski definition) is 0. The van der Waals surface area contributed by atoms with Crippen molar-refractivity contribution in [3.63, 3.8) is 0 Å². The number of benzene rings is 2. The number of carbonyl (C=O) groups is 1. The van der Waals surface area contributed by atoms with Crippen molar-refractivity contribution in [3.05, 3.63) is 74.7 Å². The molecule has 0 unspecified atom stereocenters. The standard InChI is InChI=1S/C20H19Cl3N2O/c21-17-5-1-16(2-6-17)14-24-9-11-25(12-10-24)20(26)8-4-15-3-7-18(22)19(23)13-15/h1-8,13H,9-12,14H2. The molecular formula is C20H19Cl3N2O. The predicted molar refractivity (Wildman–Crippen MR) is 109 cm³/mol. The van der Waals surface area contributed by atoms with Crippen molar-refractivity contribution in [2.45, 2.75) is 6.54 Å². The molecule has 0 aromatic heterocycles. The van der Waals surface area contributed by atoms with Gasteiger partial charge in [0, 0.05) is 43.8 Å². The molecule has 0 bridgehead atoms. The molecule has 2 aromatic rings. The minimum Gasteiger partial charge on any atom is -0.337 e. The Balaban J connectivity index is 1.50. The van der Waals surface area contributed by atoms with E-state index in [0.717, 1.165) is 43.3 Å². The quantitative estimate of drug-likeness (QED) is 0.663. The average molecular weight is 410 g/mol. The lowest BCUT2D eigenvalue weighted by molar-refractivity contribution is -0.127. The highest BCUT2D eigenvalue weighted by molar-refractivity contribution is 6.42. The summed E-state index contributed by atoms with van der Waals surface area (Å²) in [6.45, 7) is 4.03. The Morgan fingerprint density at radius 1 is 0.923 bits per heavy atom. The molecule has 1 aliphatic rings. The minimum absolute atomic E-state index is 0.0159. The van der Waals surface area contributed by atoms with Gasteiger partial charge in [-0.25, -0.2) is 0 Å². The number of hydrogen-bond acceptors (Lipinski definition) is 2. The van der Waals surface area contributed by atoms with Crippen LogP contribution in [-0.2, 0) is 11.3 Å². The third-order valence-corrected chi connectivity index (χ3v) is 5.36. The number of rotatable bonds is 4. The van der Waals surface area contributed by atoms with Crippen LogP contribution in [0.25, 0.3) is 6.08 Å². The maximum atomic E-state index is 12.4. The van der Waals surface area contributed by atoms with Crippen LogP contribution in [0, 0.1) is 0 Å². The van der Waals surface area contributed by atoms with E-state index in [1.54, 1.807) is 24.3 Å². The highest BCUT2D eigenvalue weighted by atomic mass is 35.5. The summed E-state index contributed by atoms with van der Waals surface area (Å²) in [6.07, 6.45) is 3.36. The lowest BCUT2D eigenvalue weighted by Crippen LogP contribution is -2.47. The number of halogens is 3. The zero-order valence-electron chi connectivity index (χ0n) is 14.2. The van der Waals surface area contributed by atoms with E-state index in [2.05, 4.69) is 4.90 Å². The fourth-order valence-electron chi connectivity index (χ4n) is 2.86. The molecule has 1 heterocycles. The molecule has 26 heavy (non-hydrogen) atoms. The molecule has 0 atom stereocenters. The van der Waals surface area contributed by atoms with E-state index in [9.17, 15) is 4.79 Å². The highest BCUT2D eigenvalue weighted by Crippen LogP contribution is 2.23. The van der Waals surface area contributed by atoms with Gasteiger partial charge in [-0.05, 0) is 41.5 Å². The molecule has 2 aromatic carbocycles. The van der Waals surface area contributed by atoms with E-state index in [4.69, 9.17) is 34.8 Å². The fourth-order valence-corrected chi connectivity index (χ4v) is 3.30. The van der Waals surface area contributed by atoms with Gasteiger partial charge in [-0.15, -0.1) is 0 Å². The monoisotopic (exact) mass is 408 g/mol. The average Bonchev–Trinajstić information content (AvgIpc) is 2.65. The van der Waals surface area contributed by atoms with Crippen molar-refractivity contribution in [2.75, 3.05) is 26.2 Å². The largest absolute Gasteiger partial charge is 0.337 e. The lowest BCUT2D eigenvalue weighted by atomic mass is 10.2. The first-order valence-corrected chi connectivity index (χ1v) is 9.53. The van der Waals surface area contributed by atoms with Crippen molar-refractivity contribution in [1.29, 1.82) is 0 Å². The van der Waals surface area contributed by atoms with Crippen LogP contribution in [0.2, 0.25) is 15.1 Å². The Morgan fingerprint density at radius 3 is 2.27 bits per heavy atom. The smallest absolute Gasteiger partial charge is 0.246 e. The molecule has 0 radical (unpaired) electrons. The van der Waals surface area contributed by atoms with Gasteiger partial charge in [0.25, 0.3) is 0 Å². The van der Waals surface area contributed by atoms with E-state index in [1.807, 2.05) is 35.2 Å². The number of nitrogens with zero attached hydrogens (tertiary/aromatic N) is 2. The van der Waals surface area contributed by atoms with Crippen LogP contribution in [0.3, 0.4) is 0 Å². The molecule has 0 saturated carbocycles. The van der Waals surface area contributed by atoms with E-state index in [0.29, 0.717) is 10.0 Å². The van der Waals surface area contributed by atoms with Gasteiger partial charge in [0.15, 0.2) is 0 Å². The third-order valence-electron chi connectivity index (χ3n) is 4.37. The summed E-state index contributed by atoms with van der Waals surface area (Å²) in [6, 6.07) is 13.2. The van der Waals surface area contributed by atoms with Crippen LogP contribution in [0.1, 0.15) is 11.1 Å². The van der Waals surface area contributed by atoms with Crippen LogP contribution < -0.4 is 0 Å². The van der Waals surface area contributed by atoms with Crippen molar-refractivity contribution in [3.8, 4) is 0 Å². The maximum absolute atomic E-state index is 12.4. The highest BCUT2D eigenvalue weighted by Gasteiger charge is 2.19. The topological polar surface area (TPSA) is 23.6 Å². The zero-order chi connectivity index (χ0) is 18.5. The van der Waals surface area contributed by atoms with Gasteiger partial charge in [-0.2, -0.15) is 0 Å². The minimum atomic E-state index is 0.0159. The summed E-state index contributed by atoms with van der Waals surface area (Å²) in [4.78, 5) is 16.6. The molecule has 3 rings (SSSR count). The summed E-state index contributed by atoms with van der Waals surface area (Å²) >= 11 is 17.8. The molecule has 0 aliphatic carbocycles. The van der Waals surface area contributed by atoms with Gasteiger partial charge in [-0.3, -0.25) is 9.69 Å². The van der Waals surface area contributed by atoms with Crippen molar-refractivity contribution in [1.82, 2.24) is 9.80 Å². The van der Waals surface area contributed by atoms with Crippen molar-refractivity contribution < 1.29 is 4.79 Å². The molecule has 1 aliphatic heterocycles. The first-order valence-electron chi connectivity index (χ1n) is 8.40. The number of piperazine rings is 1. The molecule has 3 nitrogen and oxygen atoms in total. The molecule has 0 spiro atoms. The first-order chi connectivity index (χ1) is 12.5. The number of amides is 1. The molecular weight excluding hydrogens is 391 g/mol. The SMILES string of the molecule is O=C(C=Cc1ccc(Cl)c(Cl)c1)N1CCN(Cc2ccc(Cl)cc2)CC1. The van der Waals surface area contributed by atoms with Gasteiger partial charge >= 0.3 is 0 Å². The van der Waals surface area contributed by atoms with E-state index < -0.39 is 0 Å². The fraction of sp³-hybridized carbons (Fsp3) is 0.250. The molecule has 1 saturated heterocycles. The van der Waals surface area contributed by atoms with Gasteiger partial charge in [0.1, 0.15) is 0 Å². The molecule has 136 valence electrons. The number of carbonyl (C=O) groups excluding carboxylic acids is 1. The Kier molecular flexibility index (Phi) is 6.60. The Hall–Kier alpha value is -1.52. The van der Waals surface area contributed by atoms with Gasteiger partial charge in [-0.1, -0.05) is 53.0 Å². The molecule has 1 amide bonds.